The fourth-order valence-corrected chi connectivity index (χ4v) is 1.39. The summed E-state index contributed by atoms with van der Waals surface area (Å²) in [5.41, 5.74) is 1.84. The first-order valence-electron chi connectivity index (χ1n) is 4.25. The van der Waals surface area contributed by atoms with Gasteiger partial charge >= 0.3 is 5.97 Å². The van der Waals surface area contributed by atoms with Crippen LogP contribution in [0.1, 0.15) is 10.4 Å². The van der Waals surface area contributed by atoms with Crippen molar-refractivity contribution >= 4 is 5.97 Å². The van der Waals surface area contributed by atoms with Crippen LogP contribution in [-0.4, -0.2) is 16.1 Å². The average molecular weight is 187 g/mol. The van der Waals surface area contributed by atoms with Gasteiger partial charge < -0.3 is 10.1 Å². The second kappa shape index (κ2) is 3.38. The van der Waals surface area contributed by atoms with Gasteiger partial charge in [-0.25, -0.2) is 4.79 Å². The molecule has 0 amide bonds. The lowest BCUT2D eigenvalue weighted by Crippen LogP contribution is -1.96. The highest BCUT2D eigenvalue weighted by Crippen LogP contribution is 2.21. The van der Waals surface area contributed by atoms with E-state index in [-0.39, 0.29) is 0 Å². The predicted octanol–water partition coefficient (Wildman–Crippen LogP) is 2.38. The summed E-state index contributed by atoms with van der Waals surface area (Å²) in [6.07, 6.45) is 1.63. The summed E-state index contributed by atoms with van der Waals surface area (Å²) >= 11 is 0. The number of carboxylic acids is 1. The molecule has 0 radical (unpaired) electrons. The highest BCUT2D eigenvalue weighted by Gasteiger charge is 2.11. The summed E-state index contributed by atoms with van der Waals surface area (Å²) in [7, 11) is 0. The molecule has 2 rings (SSSR count). The van der Waals surface area contributed by atoms with Crippen LogP contribution in [0.2, 0.25) is 0 Å². The van der Waals surface area contributed by atoms with Crippen LogP contribution in [0.3, 0.4) is 0 Å². The molecular formula is C11H9NO2. The van der Waals surface area contributed by atoms with E-state index in [1.54, 1.807) is 12.3 Å². The number of aromatic amines is 1. The Labute approximate surface area is 81.0 Å². The summed E-state index contributed by atoms with van der Waals surface area (Å²) < 4.78 is 0. The van der Waals surface area contributed by atoms with Gasteiger partial charge in [-0.15, -0.1) is 0 Å². The van der Waals surface area contributed by atoms with Crippen molar-refractivity contribution in [3.8, 4) is 11.3 Å². The maximum atomic E-state index is 10.8. The quantitative estimate of drug-likeness (QED) is 0.758. The van der Waals surface area contributed by atoms with Crippen LogP contribution < -0.4 is 0 Å². The van der Waals surface area contributed by atoms with Gasteiger partial charge in [-0.05, 0) is 11.6 Å². The fraction of sp³-hybridized carbons (Fsp3) is 0. The first-order chi connectivity index (χ1) is 6.79. The van der Waals surface area contributed by atoms with Crippen molar-refractivity contribution in [1.29, 1.82) is 0 Å². The first-order valence-corrected chi connectivity index (χ1v) is 4.25. The molecule has 14 heavy (non-hydrogen) atoms. The second-order valence-corrected chi connectivity index (χ2v) is 2.94. The van der Waals surface area contributed by atoms with Crippen molar-refractivity contribution in [2.75, 3.05) is 0 Å². The topological polar surface area (TPSA) is 53.1 Å². The van der Waals surface area contributed by atoms with Gasteiger partial charge in [0.05, 0.1) is 11.3 Å². The molecule has 70 valence electrons. The van der Waals surface area contributed by atoms with Crippen LogP contribution >= 0.6 is 0 Å². The molecule has 0 spiro atoms. The molecule has 0 bridgehead atoms. The van der Waals surface area contributed by atoms with Crippen LogP contribution in [0, 0.1) is 0 Å². The Morgan fingerprint density at radius 1 is 1.14 bits per heavy atom. The van der Waals surface area contributed by atoms with E-state index in [9.17, 15) is 4.79 Å². The Morgan fingerprint density at radius 2 is 1.86 bits per heavy atom. The Balaban J connectivity index is 2.52. The molecule has 0 aliphatic rings. The molecule has 2 aromatic rings. The van der Waals surface area contributed by atoms with Crippen LogP contribution in [0.15, 0.2) is 42.6 Å². The summed E-state index contributed by atoms with van der Waals surface area (Å²) in [5.74, 6) is -0.912. The molecule has 1 heterocycles. The first kappa shape index (κ1) is 8.56. The van der Waals surface area contributed by atoms with Crippen LogP contribution in [0.4, 0.5) is 0 Å². The molecule has 3 nitrogen and oxygen atoms in total. The van der Waals surface area contributed by atoms with Gasteiger partial charge in [-0.2, -0.15) is 0 Å². The minimum atomic E-state index is -0.912. The van der Waals surface area contributed by atoms with Gasteiger partial charge in [0.25, 0.3) is 0 Å². The Morgan fingerprint density at radius 3 is 2.50 bits per heavy atom. The molecule has 0 atom stereocenters. The fourth-order valence-electron chi connectivity index (χ4n) is 1.39. The third-order valence-corrected chi connectivity index (χ3v) is 2.04. The van der Waals surface area contributed by atoms with Gasteiger partial charge in [0.2, 0.25) is 0 Å². The molecule has 0 fully saturated rings. The lowest BCUT2D eigenvalue weighted by Gasteiger charge is -1.99. The minimum absolute atomic E-state index is 0.302. The number of carbonyl (C=O) groups is 1. The monoisotopic (exact) mass is 187 g/mol. The van der Waals surface area contributed by atoms with Gasteiger partial charge in [-0.1, -0.05) is 30.3 Å². The lowest BCUT2D eigenvalue weighted by molar-refractivity contribution is 0.0698. The molecule has 1 aromatic carbocycles. The number of nitrogens with one attached hydrogen (secondary N) is 1. The van der Waals surface area contributed by atoms with Gasteiger partial charge in [0, 0.05) is 6.20 Å². The maximum absolute atomic E-state index is 10.8. The van der Waals surface area contributed by atoms with Crippen molar-refractivity contribution < 1.29 is 9.90 Å². The summed E-state index contributed by atoms with van der Waals surface area (Å²) in [5, 5.41) is 8.90. The van der Waals surface area contributed by atoms with Crippen molar-refractivity contribution in [2.24, 2.45) is 0 Å². The number of aromatic nitrogens is 1. The van der Waals surface area contributed by atoms with Crippen molar-refractivity contribution in [3.63, 3.8) is 0 Å². The van der Waals surface area contributed by atoms with E-state index in [1.807, 2.05) is 30.3 Å². The highest BCUT2D eigenvalue weighted by molar-refractivity contribution is 5.94. The van der Waals surface area contributed by atoms with E-state index < -0.39 is 5.97 Å². The van der Waals surface area contributed by atoms with Crippen LogP contribution in [0.25, 0.3) is 11.3 Å². The average Bonchev–Trinajstić information content (AvgIpc) is 2.67. The van der Waals surface area contributed by atoms with E-state index in [0.29, 0.717) is 11.3 Å². The SMILES string of the molecule is O=C(O)c1cc[nH]c1-c1ccccc1. The molecule has 0 aliphatic heterocycles. The molecule has 0 saturated carbocycles. The van der Waals surface area contributed by atoms with Crippen LogP contribution in [0.5, 0.6) is 0 Å². The number of rotatable bonds is 2. The molecule has 0 unspecified atom stereocenters. The second-order valence-electron chi connectivity index (χ2n) is 2.94. The highest BCUT2D eigenvalue weighted by atomic mass is 16.4. The summed E-state index contributed by atoms with van der Waals surface area (Å²) in [6.45, 7) is 0. The number of aromatic carboxylic acids is 1. The largest absolute Gasteiger partial charge is 0.478 e. The lowest BCUT2D eigenvalue weighted by atomic mass is 10.1. The Bertz CT molecular complexity index is 445. The molecule has 1 aromatic heterocycles. The molecule has 0 aliphatic carbocycles. The van der Waals surface area contributed by atoms with Gasteiger partial charge in [-0.3, -0.25) is 0 Å². The van der Waals surface area contributed by atoms with Gasteiger partial charge in [0.1, 0.15) is 0 Å². The van der Waals surface area contributed by atoms with E-state index in [0.717, 1.165) is 5.56 Å². The normalized spacial score (nSPS) is 10.0. The van der Waals surface area contributed by atoms with E-state index >= 15 is 0 Å². The van der Waals surface area contributed by atoms with E-state index in [1.165, 1.54) is 0 Å². The van der Waals surface area contributed by atoms with E-state index in [4.69, 9.17) is 5.11 Å². The zero-order valence-electron chi connectivity index (χ0n) is 7.40. The van der Waals surface area contributed by atoms with Crippen molar-refractivity contribution in [1.82, 2.24) is 4.98 Å². The van der Waals surface area contributed by atoms with Crippen molar-refractivity contribution in [2.45, 2.75) is 0 Å². The van der Waals surface area contributed by atoms with Crippen LogP contribution in [-0.2, 0) is 0 Å². The van der Waals surface area contributed by atoms with Crippen molar-refractivity contribution in [3.05, 3.63) is 48.2 Å². The third kappa shape index (κ3) is 1.40. The summed E-state index contributed by atoms with van der Waals surface area (Å²) in [6, 6.07) is 11.0. The number of benzene rings is 1. The molecule has 3 heteroatoms. The standard InChI is InChI=1S/C11H9NO2/c13-11(14)9-6-7-12-10(9)8-4-2-1-3-5-8/h1-7,12H,(H,13,14). The maximum Gasteiger partial charge on any atom is 0.337 e. The summed E-state index contributed by atoms with van der Waals surface area (Å²) in [4.78, 5) is 13.8. The predicted molar refractivity (Wildman–Crippen MR) is 53.2 cm³/mol. The smallest absolute Gasteiger partial charge is 0.337 e. The van der Waals surface area contributed by atoms with E-state index in [2.05, 4.69) is 4.98 Å². The zero-order chi connectivity index (χ0) is 9.97. The number of hydrogen-bond donors (Lipinski definition) is 2. The molecular weight excluding hydrogens is 178 g/mol. The Kier molecular flexibility index (Phi) is 2.07. The zero-order valence-corrected chi connectivity index (χ0v) is 7.40. The third-order valence-electron chi connectivity index (χ3n) is 2.04. The minimum Gasteiger partial charge on any atom is -0.478 e. The Hall–Kier alpha value is -2.03. The number of H-pyrrole nitrogens is 1. The number of hydrogen-bond acceptors (Lipinski definition) is 1. The molecule has 0 saturated heterocycles. The molecule has 2 N–H and O–H groups in total. The number of carboxylic acid groups (broad SMARTS) is 1. The van der Waals surface area contributed by atoms with Gasteiger partial charge in [0.15, 0.2) is 0 Å².